The zero-order valence-corrected chi connectivity index (χ0v) is 12.6. The van der Waals surface area contributed by atoms with Crippen molar-refractivity contribution in [1.29, 1.82) is 0 Å². The summed E-state index contributed by atoms with van der Waals surface area (Å²) in [4.78, 5) is 0. The summed E-state index contributed by atoms with van der Waals surface area (Å²) in [5, 5.41) is 11.5. The number of hydrogen-bond acceptors (Lipinski definition) is 2. The Morgan fingerprint density at radius 2 is 2.00 bits per heavy atom. The van der Waals surface area contributed by atoms with E-state index in [1.807, 2.05) is 17.8 Å². The summed E-state index contributed by atoms with van der Waals surface area (Å²) in [6.45, 7) is 0. The largest absolute Gasteiger partial charge is 0.393 e. The molecule has 1 aromatic carbocycles. The number of thioether (sulfide) groups is 1. The van der Waals surface area contributed by atoms with E-state index in [0.717, 1.165) is 12.0 Å². The van der Waals surface area contributed by atoms with Crippen LogP contribution < -0.4 is 0 Å². The Morgan fingerprint density at radius 3 is 2.72 bits per heavy atom. The molecular weight excluding hydrogens is 287 g/mol. The quantitative estimate of drug-likeness (QED) is 0.888. The smallest absolute Gasteiger partial charge is 0.0583 e. The van der Waals surface area contributed by atoms with Crippen LogP contribution in [0.4, 0.5) is 0 Å². The molecule has 100 valence electrons. The van der Waals surface area contributed by atoms with E-state index in [1.54, 1.807) is 12.1 Å². The van der Waals surface area contributed by atoms with E-state index in [2.05, 4.69) is 0 Å². The first-order valence-electron chi connectivity index (χ1n) is 6.35. The molecule has 18 heavy (non-hydrogen) atoms. The molecule has 0 amide bonds. The molecule has 1 nitrogen and oxygen atoms in total. The fourth-order valence-electron chi connectivity index (χ4n) is 2.40. The van der Waals surface area contributed by atoms with Crippen molar-refractivity contribution < 1.29 is 5.11 Å². The van der Waals surface area contributed by atoms with Gasteiger partial charge in [0.15, 0.2) is 0 Å². The summed E-state index contributed by atoms with van der Waals surface area (Å²) in [7, 11) is 0. The highest BCUT2D eigenvalue weighted by atomic mass is 35.5. The molecule has 1 aliphatic heterocycles. The molecule has 1 N–H and O–H groups in total. The van der Waals surface area contributed by atoms with E-state index < -0.39 is 0 Å². The van der Waals surface area contributed by atoms with E-state index in [9.17, 15) is 5.11 Å². The molecule has 1 heterocycles. The molecule has 0 aliphatic carbocycles. The summed E-state index contributed by atoms with van der Waals surface area (Å²) in [6, 6.07) is 5.42. The van der Waals surface area contributed by atoms with Crippen LogP contribution in [0.3, 0.4) is 0 Å². The van der Waals surface area contributed by atoms with Crippen LogP contribution >= 0.6 is 35.0 Å². The average Bonchev–Trinajstić information content (AvgIpc) is 2.35. The van der Waals surface area contributed by atoms with Crippen molar-refractivity contribution in [2.75, 3.05) is 11.5 Å². The molecule has 0 saturated carbocycles. The maximum Gasteiger partial charge on any atom is 0.0583 e. The van der Waals surface area contributed by atoms with Crippen LogP contribution in [0.2, 0.25) is 10.0 Å². The lowest BCUT2D eigenvalue weighted by Gasteiger charge is -2.24. The van der Waals surface area contributed by atoms with Gasteiger partial charge in [0.05, 0.1) is 6.10 Å². The predicted molar refractivity (Wildman–Crippen MR) is 80.8 cm³/mol. The van der Waals surface area contributed by atoms with Gasteiger partial charge in [-0.1, -0.05) is 23.2 Å². The maximum absolute atomic E-state index is 10.2. The lowest BCUT2D eigenvalue weighted by Crippen LogP contribution is -2.19. The second kappa shape index (κ2) is 7.04. The van der Waals surface area contributed by atoms with E-state index in [0.29, 0.717) is 22.4 Å². The minimum atomic E-state index is -0.311. The van der Waals surface area contributed by atoms with Gasteiger partial charge in [0.25, 0.3) is 0 Å². The number of hydrogen-bond donors (Lipinski definition) is 1. The van der Waals surface area contributed by atoms with Gasteiger partial charge in [-0.05, 0) is 66.9 Å². The number of aliphatic hydroxyl groups excluding tert-OH is 1. The number of aliphatic hydroxyl groups is 1. The Labute approximate surface area is 123 Å². The Hall–Kier alpha value is 0.110. The first-order chi connectivity index (χ1) is 8.65. The van der Waals surface area contributed by atoms with Crippen LogP contribution in [-0.2, 0) is 6.42 Å². The monoisotopic (exact) mass is 304 g/mol. The van der Waals surface area contributed by atoms with E-state index in [-0.39, 0.29) is 6.10 Å². The Bertz CT molecular complexity index is 391. The first-order valence-corrected chi connectivity index (χ1v) is 8.26. The number of rotatable bonds is 4. The van der Waals surface area contributed by atoms with Crippen LogP contribution in [0.1, 0.15) is 24.8 Å². The van der Waals surface area contributed by atoms with Crippen LogP contribution in [0, 0.1) is 5.92 Å². The number of halogens is 2. The van der Waals surface area contributed by atoms with Crippen molar-refractivity contribution in [2.24, 2.45) is 5.92 Å². The Morgan fingerprint density at radius 1 is 1.28 bits per heavy atom. The minimum absolute atomic E-state index is 0.311. The van der Waals surface area contributed by atoms with Crippen LogP contribution in [-0.4, -0.2) is 22.7 Å². The zero-order chi connectivity index (χ0) is 13.0. The Balaban J connectivity index is 1.89. The van der Waals surface area contributed by atoms with E-state index in [1.165, 1.54) is 24.3 Å². The Kier molecular flexibility index (Phi) is 5.68. The predicted octanol–water partition coefficient (Wildman–Crippen LogP) is 4.43. The van der Waals surface area contributed by atoms with E-state index >= 15 is 0 Å². The second-order valence-corrected chi connectivity index (χ2v) is 6.95. The summed E-state index contributed by atoms with van der Waals surface area (Å²) in [6.07, 6.45) is 3.62. The fraction of sp³-hybridized carbons (Fsp3) is 0.571. The third-order valence-electron chi connectivity index (χ3n) is 3.41. The van der Waals surface area contributed by atoms with Gasteiger partial charge < -0.3 is 5.11 Å². The summed E-state index contributed by atoms with van der Waals surface area (Å²) < 4.78 is 0. The van der Waals surface area contributed by atoms with Gasteiger partial charge in [0, 0.05) is 10.0 Å². The topological polar surface area (TPSA) is 20.2 Å². The molecule has 1 saturated heterocycles. The maximum atomic E-state index is 10.2. The first kappa shape index (κ1) is 14.5. The average molecular weight is 305 g/mol. The summed E-state index contributed by atoms with van der Waals surface area (Å²) in [5.74, 6) is 3.13. The SMILES string of the molecule is OC(Cc1cc(Cl)ccc1Cl)CC1CCSCC1. The second-order valence-electron chi connectivity index (χ2n) is 4.89. The van der Waals surface area contributed by atoms with Crippen molar-refractivity contribution in [2.45, 2.75) is 31.8 Å². The van der Waals surface area contributed by atoms with Crippen LogP contribution in [0.25, 0.3) is 0 Å². The molecule has 1 aliphatic rings. The molecule has 1 aromatic rings. The van der Waals surface area contributed by atoms with Gasteiger partial charge in [-0.25, -0.2) is 0 Å². The van der Waals surface area contributed by atoms with Gasteiger partial charge in [0.1, 0.15) is 0 Å². The van der Waals surface area contributed by atoms with Crippen molar-refractivity contribution in [3.63, 3.8) is 0 Å². The molecule has 0 spiro atoms. The zero-order valence-electron chi connectivity index (χ0n) is 10.2. The van der Waals surface area contributed by atoms with Gasteiger partial charge >= 0.3 is 0 Å². The van der Waals surface area contributed by atoms with E-state index in [4.69, 9.17) is 23.2 Å². The van der Waals surface area contributed by atoms with Gasteiger partial charge in [-0.2, -0.15) is 11.8 Å². The van der Waals surface area contributed by atoms with Crippen LogP contribution in [0.15, 0.2) is 18.2 Å². The molecule has 0 bridgehead atoms. The van der Waals surface area contributed by atoms with Gasteiger partial charge in [0.2, 0.25) is 0 Å². The summed E-state index contributed by atoms with van der Waals surface area (Å²) >= 11 is 14.1. The van der Waals surface area contributed by atoms with Gasteiger partial charge in [-0.15, -0.1) is 0 Å². The highest BCUT2D eigenvalue weighted by Crippen LogP contribution is 2.28. The standard InChI is InChI=1S/C14H18Cl2OS/c15-12-1-2-14(16)11(8-12)9-13(17)7-10-3-5-18-6-4-10/h1-2,8,10,13,17H,3-7,9H2. The molecule has 1 atom stereocenters. The molecule has 1 fully saturated rings. The molecule has 2 rings (SSSR count). The van der Waals surface area contributed by atoms with Crippen molar-refractivity contribution >= 4 is 35.0 Å². The minimum Gasteiger partial charge on any atom is -0.393 e. The highest BCUT2D eigenvalue weighted by molar-refractivity contribution is 7.99. The summed E-state index contributed by atoms with van der Waals surface area (Å²) in [5.41, 5.74) is 0.946. The molecular formula is C14H18Cl2OS. The van der Waals surface area contributed by atoms with Crippen molar-refractivity contribution in [1.82, 2.24) is 0 Å². The third-order valence-corrected chi connectivity index (χ3v) is 5.06. The van der Waals surface area contributed by atoms with Crippen molar-refractivity contribution in [3.8, 4) is 0 Å². The normalized spacial score (nSPS) is 18.8. The van der Waals surface area contributed by atoms with Gasteiger partial charge in [-0.3, -0.25) is 0 Å². The van der Waals surface area contributed by atoms with Crippen LogP contribution in [0.5, 0.6) is 0 Å². The van der Waals surface area contributed by atoms with Crippen molar-refractivity contribution in [3.05, 3.63) is 33.8 Å². The molecule has 0 radical (unpaired) electrons. The molecule has 0 aromatic heterocycles. The molecule has 4 heteroatoms. The highest BCUT2D eigenvalue weighted by Gasteiger charge is 2.18. The number of benzene rings is 1. The lowest BCUT2D eigenvalue weighted by molar-refractivity contribution is 0.139. The fourth-order valence-corrected chi connectivity index (χ4v) is 4.00. The third kappa shape index (κ3) is 4.34. The molecule has 1 unspecified atom stereocenters. The lowest BCUT2D eigenvalue weighted by atomic mass is 9.93.